The van der Waals surface area contributed by atoms with Crippen molar-refractivity contribution in [3.05, 3.63) is 156 Å². The molecule has 12 bridgehead atoms. The van der Waals surface area contributed by atoms with E-state index in [1.165, 1.54) is 0 Å². The van der Waals surface area contributed by atoms with Crippen LogP contribution in [0.1, 0.15) is 56.7 Å². The first-order chi connectivity index (χ1) is 40.3. The predicted octanol–water partition coefficient (Wildman–Crippen LogP) is 5.26. The van der Waals surface area contributed by atoms with E-state index < -0.39 is 0 Å². The zero-order chi connectivity index (χ0) is 55.6. The van der Waals surface area contributed by atoms with E-state index in [-0.39, 0.29) is 17.7 Å². The number of unbranched alkanes of at least 4 members (excludes halogenated alkanes) is 1. The minimum absolute atomic E-state index is 0.116. The largest absolute Gasteiger partial charge is 0.492 e. The van der Waals surface area contributed by atoms with Crippen molar-refractivity contribution in [2.75, 3.05) is 115 Å². The Morgan fingerprint density at radius 1 is 0.585 bits per heavy atom. The summed E-state index contributed by atoms with van der Waals surface area (Å²) in [5.74, 6) is 2.50. The highest BCUT2D eigenvalue weighted by Gasteiger charge is 2.24. The van der Waals surface area contributed by atoms with Gasteiger partial charge in [0, 0.05) is 132 Å². The summed E-state index contributed by atoms with van der Waals surface area (Å²) in [4.78, 5) is 62.2. The molecule has 3 amide bonds. The molecule has 21 heteroatoms. The number of hydrogen-bond donors (Lipinski definition) is 6. The quantitative estimate of drug-likeness (QED) is 0.0962. The first kappa shape index (κ1) is 53.9. The van der Waals surface area contributed by atoms with Gasteiger partial charge < -0.3 is 46.3 Å². The number of carbonyl (C=O) groups is 3. The summed E-state index contributed by atoms with van der Waals surface area (Å²) in [6.45, 7) is 10.1. The topological polar surface area (TPSA) is 224 Å². The highest BCUT2D eigenvalue weighted by atomic mass is 16.5. The summed E-state index contributed by atoms with van der Waals surface area (Å²) >= 11 is 0. The average molecular weight is 1110 g/mol. The number of carbonyl (C=O) groups excluding carboxylic acids is 3. The molecule has 21 nitrogen and oxygen atoms in total. The van der Waals surface area contributed by atoms with E-state index in [0.29, 0.717) is 114 Å². The van der Waals surface area contributed by atoms with Crippen LogP contribution in [0, 0.1) is 0 Å². The van der Waals surface area contributed by atoms with Gasteiger partial charge in [0.15, 0.2) is 11.3 Å². The Labute approximate surface area is 475 Å². The van der Waals surface area contributed by atoms with E-state index in [0.717, 1.165) is 119 Å². The lowest BCUT2D eigenvalue weighted by Gasteiger charge is -2.25. The zero-order valence-electron chi connectivity index (χ0n) is 45.9. The van der Waals surface area contributed by atoms with Crippen LogP contribution in [0.2, 0.25) is 0 Å². The number of hydrogen-bond acceptors (Lipinski definition) is 16. The zero-order valence-corrected chi connectivity index (χ0v) is 45.9. The molecule has 0 saturated heterocycles. The molecule has 4 aromatic heterocycles. The number of aryl methyl sites for hydroxylation is 1. The van der Waals surface area contributed by atoms with Crippen molar-refractivity contribution in [3.63, 3.8) is 0 Å². The average Bonchev–Trinajstić information content (AvgIpc) is 4.12. The lowest BCUT2D eigenvalue weighted by Crippen LogP contribution is -2.39. The summed E-state index contributed by atoms with van der Waals surface area (Å²) in [5, 5.41) is 28.9. The van der Waals surface area contributed by atoms with Gasteiger partial charge >= 0.3 is 0 Å². The standard InChI is InChI=1S/C61H68N16O5/c78-59-45-8-5-7-44(36-45)51-39-68-76-23-11-54(71-57(51)76)63-15-25-73(27-17-66-59)20-3-1-6-42-32-46-37-48(33-42)60(79)67-18-28-74(26-16-64-55-12-24-77-58(72-55)52(46)40-69-77)29-31-81-41-43-34-47-38-49(35-43)82-30-19-62-13-14-65-61(80)53-10-22-75-21-4-2-9-50(47)56(75)70-53/h2,5,7-12,22-24,32-40,62H,1,3-4,6,13-21,25-31,41H2,(H,63,71)(H,64,72)(H,65,80)(H,66,78)(H,67,79). The molecule has 6 N–H and O–H groups in total. The maximum Gasteiger partial charge on any atom is 0.270 e. The van der Waals surface area contributed by atoms with Crippen molar-refractivity contribution in [2.45, 2.75) is 32.3 Å². The molecule has 82 heavy (non-hydrogen) atoms. The minimum Gasteiger partial charge on any atom is -0.492 e. The van der Waals surface area contributed by atoms with Crippen LogP contribution in [0.5, 0.6) is 5.75 Å². The lowest BCUT2D eigenvalue weighted by molar-refractivity contribution is -0.114. The fourth-order valence-electron chi connectivity index (χ4n) is 10.9. The van der Waals surface area contributed by atoms with E-state index in [4.69, 9.17) is 24.4 Å². The van der Waals surface area contributed by atoms with Gasteiger partial charge in [0.25, 0.3) is 17.7 Å². The maximum absolute atomic E-state index is 14.2. The SMILES string of the molecule is O=C1NCCNCCOc2cc(COCCN3CCNC(=O)c4cc(CCCCN5CCNC(=O)c6cccc(c6)-c6cnn7ccc(nc67)NCC5)cc(c4)-c4cnn5ccc(nc45)NCC3)cc(c2)C2=C3N=C1C=CN3CCC=C2. The van der Waals surface area contributed by atoms with Crippen molar-refractivity contribution < 1.29 is 23.9 Å². The number of aromatic nitrogens is 6. The van der Waals surface area contributed by atoms with Crippen molar-refractivity contribution in [1.82, 2.24) is 65.2 Å². The van der Waals surface area contributed by atoms with E-state index >= 15 is 0 Å². The third-order valence-corrected chi connectivity index (χ3v) is 15.3. The number of fused-ring (bicyclic) bond motifs is 11. The fourth-order valence-corrected chi connectivity index (χ4v) is 10.9. The molecule has 0 spiro atoms. The Bertz CT molecular complexity index is 3620. The lowest BCUT2D eigenvalue weighted by atomic mass is 9.98. The van der Waals surface area contributed by atoms with Crippen molar-refractivity contribution in [2.24, 2.45) is 4.99 Å². The van der Waals surface area contributed by atoms with Gasteiger partial charge in [-0.1, -0.05) is 30.4 Å². The molecule has 5 aliphatic heterocycles. The molecule has 12 rings (SSSR count). The Hall–Kier alpha value is -8.76. The molecule has 0 unspecified atom stereocenters. The van der Waals surface area contributed by atoms with Gasteiger partial charge in [-0.15, -0.1) is 0 Å². The Balaban J connectivity index is 0.700. The summed E-state index contributed by atoms with van der Waals surface area (Å²) in [5.41, 5.74) is 10.3. The van der Waals surface area contributed by atoms with Gasteiger partial charge in [-0.05, 0) is 121 Å². The molecule has 0 fully saturated rings. The molecule has 9 heterocycles. The number of anilines is 2. The number of benzene rings is 3. The van der Waals surface area contributed by atoms with E-state index in [2.05, 4.69) is 81.1 Å². The summed E-state index contributed by atoms with van der Waals surface area (Å²) in [6, 6.07) is 23.8. The van der Waals surface area contributed by atoms with Crippen molar-refractivity contribution >= 4 is 51.9 Å². The number of nitrogens with zero attached hydrogens (tertiary/aromatic N) is 10. The minimum atomic E-state index is -0.206. The third kappa shape index (κ3) is 12.9. The second kappa shape index (κ2) is 25.4. The summed E-state index contributed by atoms with van der Waals surface area (Å²) in [6.07, 6.45) is 18.8. The van der Waals surface area contributed by atoms with Gasteiger partial charge in [0.2, 0.25) is 0 Å². The highest BCUT2D eigenvalue weighted by molar-refractivity contribution is 6.43. The molecule has 0 aliphatic carbocycles. The molecule has 0 radical (unpaired) electrons. The summed E-state index contributed by atoms with van der Waals surface area (Å²) in [7, 11) is 0. The smallest absolute Gasteiger partial charge is 0.270 e. The third-order valence-electron chi connectivity index (χ3n) is 15.3. The van der Waals surface area contributed by atoms with Crippen molar-refractivity contribution in [1.29, 1.82) is 0 Å². The Morgan fingerprint density at radius 3 is 2.04 bits per heavy atom. The molecule has 0 atom stereocenters. The monoisotopic (exact) mass is 1100 g/mol. The van der Waals surface area contributed by atoms with Crippen LogP contribution in [0.4, 0.5) is 11.6 Å². The van der Waals surface area contributed by atoms with Crippen LogP contribution < -0.4 is 36.6 Å². The molecular weight excluding hydrogens is 1040 g/mol. The Kier molecular flexibility index (Phi) is 16.7. The van der Waals surface area contributed by atoms with Gasteiger partial charge in [-0.25, -0.2) is 24.0 Å². The van der Waals surface area contributed by atoms with E-state index in [9.17, 15) is 14.4 Å². The number of allylic oxidation sites excluding steroid dienone is 2. The number of nitrogens with one attached hydrogen (secondary N) is 6. The molecule has 3 aromatic carbocycles. The van der Waals surface area contributed by atoms with Crippen LogP contribution in [0.25, 0.3) is 39.1 Å². The number of amides is 3. The second-order valence-corrected chi connectivity index (χ2v) is 21.0. The molecule has 422 valence electrons. The van der Waals surface area contributed by atoms with Crippen LogP contribution in [0.15, 0.2) is 133 Å². The van der Waals surface area contributed by atoms with Crippen LogP contribution in [0.3, 0.4) is 0 Å². The predicted molar refractivity (Wildman–Crippen MR) is 316 cm³/mol. The van der Waals surface area contributed by atoms with Gasteiger partial charge in [-0.2, -0.15) is 10.2 Å². The molecule has 0 saturated carbocycles. The molecule has 5 aliphatic rings. The van der Waals surface area contributed by atoms with E-state index in [1.54, 1.807) is 21.3 Å². The number of ether oxygens (including phenoxy) is 2. The normalized spacial score (nSPS) is 17.6. The van der Waals surface area contributed by atoms with Crippen molar-refractivity contribution in [3.8, 4) is 28.0 Å². The molecule has 7 aromatic rings. The summed E-state index contributed by atoms with van der Waals surface area (Å²) < 4.78 is 16.3. The van der Waals surface area contributed by atoms with E-state index in [1.807, 2.05) is 85.5 Å². The second-order valence-electron chi connectivity index (χ2n) is 21.0. The maximum atomic E-state index is 14.2. The van der Waals surface area contributed by atoms with Gasteiger partial charge in [0.1, 0.15) is 35.5 Å². The first-order valence-corrected chi connectivity index (χ1v) is 28.5. The van der Waals surface area contributed by atoms with Gasteiger partial charge in [-0.3, -0.25) is 24.2 Å². The van der Waals surface area contributed by atoms with Crippen LogP contribution in [-0.4, -0.2) is 172 Å². The van der Waals surface area contributed by atoms with Crippen LogP contribution in [-0.2, 0) is 22.6 Å². The highest BCUT2D eigenvalue weighted by Crippen LogP contribution is 2.33. The number of aliphatic imine (C=N–C) groups is 1. The van der Waals surface area contributed by atoms with Crippen LogP contribution >= 0.6 is 0 Å². The fraction of sp³-hybridized carbons (Fsp3) is 0.344. The first-order valence-electron chi connectivity index (χ1n) is 28.5. The number of rotatable bonds is 10. The Morgan fingerprint density at radius 2 is 1.26 bits per heavy atom. The van der Waals surface area contributed by atoms with Gasteiger partial charge in [0.05, 0.1) is 25.6 Å². The molecular formula is C61H68N16O5.